The van der Waals surface area contributed by atoms with Crippen LogP contribution in [0.1, 0.15) is 36.0 Å². The summed E-state index contributed by atoms with van der Waals surface area (Å²) >= 11 is 6.70. The number of piperazine rings is 1. The Hall–Kier alpha value is -5.35. The molecule has 0 aliphatic carbocycles. The molecule has 1 saturated heterocycles. The summed E-state index contributed by atoms with van der Waals surface area (Å²) in [5.41, 5.74) is 3.27. The predicted molar refractivity (Wildman–Crippen MR) is 223 cm³/mol. The fraction of sp³-hybridized carbons (Fsp3) is 0.341. The van der Waals surface area contributed by atoms with E-state index in [4.69, 9.17) is 9.47 Å². The van der Waals surface area contributed by atoms with Crippen LogP contribution in [0, 0.1) is 0 Å². The number of halogens is 2. The minimum absolute atomic E-state index is 0.00380. The van der Waals surface area contributed by atoms with Crippen molar-refractivity contribution in [2.24, 2.45) is 0 Å². The molecule has 5 amide bonds. The molecule has 2 heterocycles. The zero-order valence-corrected chi connectivity index (χ0v) is 34.8. The van der Waals surface area contributed by atoms with Gasteiger partial charge in [0.1, 0.15) is 30.2 Å². The smallest absolute Gasteiger partial charge is 0.407 e. The summed E-state index contributed by atoms with van der Waals surface area (Å²) in [6.45, 7) is 2.71. The van der Waals surface area contributed by atoms with Crippen LogP contribution in [0.15, 0.2) is 100 Å². The van der Waals surface area contributed by atoms with E-state index in [-0.39, 0.29) is 31.2 Å². The fourth-order valence-corrected chi connectivity index (χ4v) is 7.62. The monoisotopic (exact) mass is 907 g/mol. The maximum atomic E-state index is 14.2. The van der Waals surface area contributed by atoms with Crippen molar-refractivity contribution < 1.29 is 33.8 Å². The number of amides is 5. The van der Waals surface area contributed by atoms with E-state index in [9.17, 15) is 24.3 Å². The van der Waals surface area contributed by atoms with Gasteiger partial charge in [0.15, 0.2) is 0 Å². The lowest BCUT2D eigenvalue weighted by Crippen LogP contribution is -2.58. The predicted octanol–water partition coefficient (Wildman–Crippen LogP) is 5.66. The number of unbranched alkanes of at least 4 members (excludes halogenated alkanes) is 1. The van der Waals surface area contributed by atoms with Crippen molar-refractivity contribution in [2.75, 3.05) is 44.7 Å². The zero-order chi connectivity index (χ0) is 40.6. The largest absolute Gasteiger partial charge is 0.506 e. The number of ether oxygens (including phenoxy) is 2. The summed E-state index contributed by atoms with van der Waals surface area (Å²) in [4.78, 5) is 62.0. The normalized spacial score (nSPS) is 13.5. The molecule has 5 rings (SSSR count). The molecule has 1 aliphatic rings. The highest BCUT2D eigenvalue weighted by molar-refractivity contribution is 9.11. The maximum Gasteiger partial charge on any atom is 0.407 e. The second-order valence-corrected chi connectivity index (χ2v) is 15.1. The third-order valence-electron chi connectivity index (χ3n) is 9.41. The summed E-state index contributed by atoms with van der Waals surface area (Å²) in [5, 5.41) is 21.6. The van der Waals surface area contributed by atoms with Crippen LogP contribution in [0.3, 0.4) is 0 Å². The van der Waals surface area contributed by atoms with Gasteiger partial charge in [-0.25, -0.2) is 9.59 Å². The highest BCUT2D eigenvalue weighted by atomic mass is 79.9. The summed E-state index contributed by atoms with van der Waals surface area (Å²) in [6, 6.07) is 21.2. The lowest BCUT2D eigenvalue weighted by Gasteiger charge is -2.37. The topological polar surface area (TPSA) is 174 Å². The Kier molecular flexibility index (Phi) is 16.4. The fourth-order valence-electron chi connectivity index (χ4n) is 6.34. The van der Waals surface area contributed by atoms with Crippen molar-refractivity contribution in [3.8, 4) is 11.5 Å². The number of methoxy groups -OCH3 is 1. The molecule has 0 saturated carbocycles. The number of pyridine rings is 1. The average Bonchev–Trinajstić information content (AvgIpc) is 3.23. The van der Waals surface area contributed by atoms with Crippen LogP contribution in [0.5, 0.6) is 11.5 Å². The first-order chi connectivity index (χ1) is 27.6. The number of aromatic nitrogens is 1. The number of carbonyl (C=O) groups excluding carboxylic acids is 4. The van der Waals surface area contributed by atoms with Gasteiger partial charge < -0.3 is 45.6 Å². The van der Waals surface area contributed by atoms with Crippen LogP contribution < -0.4 is 30.9 Å². The number of aromatic hydroxyl groups is 1. The van der Waals surface area contributed by atoms with Crippen LogP contribution in [0.25, 0.3) is 0 Å². The number of hydrogen-bond acceptors (Lipinski definition) is 9. The van der Waals surface area contributed by atoms with Gasteiger partial charge in [-0.1, -0.05) is 48.5 Å². The van der Waals surface area contributed by atoms with E-state index < -0.39 is 30.1 Å². The molecule has 14 nitrogen and oxygen atoms in total. The molecule has 4 aromatic rings. The van der Waals surface area contributed by atoms with Crippen molar-refractivity contribution in [1.29, 1.82) is 0 Å². The first-order valence-electron chi connectivity index (χ1n) is 18.6. The molecule has 0 bridgehead atoms. The average molecular weight is 910 g/mol. The Balaban J connectivity index is 1.26. The lowest BCUT2D eigenvalue weighted by atomic mass is 10.0. The number of nitrogens with one attached hydrogen (secondary N) is 4. The molecular formula is C41H47Br2N7O7. The minimum atomic E-state index is -1.11. The Labute approximate surface area is 349 Å². The van der Waals surface area contributed by atoms with Crippen LogP contribution in [-0.2, 0) is 33.9 Å². The molecule has 5 N–H and O–H groups in total. The number of benzene rings is 3. The first-order valence-corrected chi connectivity index (χ1v) is 20.2. The number of carbonyl (C=O) groups is 4. The van der Waals surface area contributed by atoms with Gasteiger partial charge in [0.2, 0.25) is 11.8 Å². The highest BCUT2D eigenvalue weighted by Crippen LogP contribution is 2.33. The molecule has 302 valence electrons. The van der Waals surface area contributed by atoms with E-state index in [0.717, 1.165) is 16.8 Å². The van der Waals surface area contributed by atoms with Crippen LogP contribution in [-0.4, -0.2) is 90.8 Å². The Morgan fingerprint density at radius 2 is 1.51 bits per heavy atom. The van der Waals surface area contributed by atoms with E-state index in [1.165, 1.54) is 0 Å². The number of alkyl carbamates (subject to hydrolysis) is 1. The molecule has 0 spiro atoms. The summed E-state index contributed by atoms with van der Waals surface area (Å²) < 4.78 is 11.5. The van der Waals surface area contributed by atoms with Crippen molar-refractivity contribution in [3.63, 3.8) is 0 Å². The number of phenolic OH excluding ortho intramolecular Hbond substituents is 1. The molecule has 57 heavy (non-hydrogen) atoms. The van der Waals surface area contributed by atoms with Crippen molar-refractivity contribution in [2.45, 2.75) is 50.9 Å². The summed E-state index contributed by atoms with van der Waals surface area (Å²) in [6.07, 6.45) is 4.28. The van der Waals surface area contributed by atoms with Crippen molar-refractivity contribution >= 4 is 61.5 Å². The highest BCUT2D eigenvalue weighted by Gasteiger charge is 2.31. The van der Waals surface area contributed by atoms with Gasteiger partial charge in [-0.3, -0.25) is 14.6 Å². The van der Waals surface area contributed by atoms with Gasteiger partial charge >= 0.3 is 12.1 Å². The standard InChI is InChI=1S/C41H47Br2N7O7/c1-56-36-13-6-5-11-30(36)26-46-40(54)48-35(25-29-23-32(42)37(51)33(43)24-29)38(52)47-34(12-7-8-16-45-41(55)57-27-28-9-3-2-4-10-28)39(53)50-21-19-49(20-22-50)31-14-17-44-18-15-31/h2-6,9-11,13-15,17-18,23-24,34-35,51H,7-8,12,16,19-22,25-27H2,1H3,(H,45,55)(H,47,52)(H2,46,48,54)/t34-,35-/m0/s1. The van der Waals surface area contributed by atoms with Gasteiger partial charge in [0, 0.05) is 69.3 Å². The Morgan fingerprint density at radius 3 is 2.21 bits per heavy atom. The number of nitrogens with zero attached hydrogens (tertiary/aromatic N) is 3. The van der Waals surface area contributed by atoms with Gasteiger partial charge in [-0.15, -0.1) is 0 Å². The first kappa shape index (κ1) is 42.8. The number of rotatable bonds is 17. The molecular weight excluding hydrogens is 862 g/mol. The molecule has 16 heteroatoms. The number of urea groups is 1. The second kappa shape index (κ2) is 21.8. The van der Waals surface area contributed by atoms with Crippen LogP contribution >= 0.6 is 31.9 Å². The van der Waals surface area contributed by atoms with E-state index >= 15 is 0 Å². The quantitative estimate of drug-likeness (QED) is 0.0838. The number of para-hydroxylation sites is 1. The van der Waals surface area contributed by atoms with Crippen molar-refractivity contribution in [1.82, 2.24) is 31.2 Å². The SMILES string of the molecule is COc1ccccc1CNC(=O)N[C@@H](Cc1cc(Br)c(O)c(Br)c1)C(=O)N[C@@H](CCCCNC(=O)OCc1ccccc1)C(=O)N1CCN(c2ccncc2)CC1. The Morgan fingerprint density at radius 1 is 0.825 bits per heavy atom. The lowest BCUT2D eigenvalue weighted by molar-refractivity contribution is -0.137. The van der Waals surface area contributed by atoms with E-state index in [0.29, 0.717) is 72.2 Å². The van der Waals surface area contributed by atoms with Crippen LogP contribution in [0.2, 0.25) is 0 Å². The molecule has 1 aliphatic heterocycles. The third kappa shape index (κ3) is 13.1. The zero-order valence-electron chi connectivity index (χ0n) is 31.6. The molecule has 3 aromatic carbocycles. The van der Waals surface area contributed by atoms with Gasteiger partial charge in [-0.2, -0.15) is 0 Å². The third-order valence-corrected chi connectivity index (χ3v) is 10.6. The number of anilines is 1. The van der Waals surface area contributed by atoms with Gasteiger partial charge in [-0.05, 0) is 92.6 Å². The minimum Gasteiger partial charge on any atom is -0.506 e. The Bertz CT molecular complexity index is 1930. The number of hydrogen-bond donors (Lipinski definition) is 5. The molecule has 1 aromatic heterocycles. The van der Waals surface area contributed by atoms with E-state index in [1.807, 2.05) is 60.7 Å². The van der Waals surface area contributed by atoms with Gasteiger partial charge in [0.05, 0.1) is 16.1 Å². The molecule has 0 radical (unpaired) electrons. The summed E-state index contributed by atoms with van der Waals surface area (Å²) in [5.74, 6) is -0.189. The van der Waals surface area contributed by atoms with E-state index in [1.54, 1.807) is 42.6 Å². The van der Waals surface area contributed by atoms with Crippen LogP contribution in [0.4, 0.5) is 15.3 Å². The number of phenols is 1. The molecule has 1 fully saturated rings. The molecule has 0 unspecified atom stereocenters. The van der Waals surface area contributed by atoms with Crippen molar-refractivity contribution in [3.05, 3.63) is 117 Å². The second-order valence-electron chi connectivity index (χ2n) is 13.4. The van der Waals surface area contributed by atoms with E-state index in [2.05, 4.69) is 63.0 Å². The van der Waals surface area contributed by atoms with Gasteiger partial charge in [0.25, 0.3) is 0 Å². The maximum absolute atomic E-state index is 14.2. The summed E-state index contributed by atoms with van der Waals surface area (Å²) in [7, 11) is 1.55. The molecule has 2 atom stereocenters.